The molecule has 2 amide bonds. The molecule has 3 aliphatic heterocycles. The average Bonchev–Trinajstić information content (AvgIpc) is 1.59. The van der Waals surface area contributed by atoms with Gasteiger partial charge in [-0.05, 0) is 183 Å². The van der Waals surface area contributed by atoms with Crippen LogP contribution in [0.25, 0.3) is 27.7 Å². The van der Waals surface area contributed by atoms with E-state index in [0.29, 0.717) is 118 Å². The van der Waals surface area contributed by atoms with Crippen LogP contribution in [-0.2, 0) is 9.31 Å². The van der Waals surface area contributed by atoms with E-state index < -0.39 is 18.3 Å². The predicted octanol–water partition coefficient (Wildman–Crippen LogP) is 13.0. The van der Waals surface area contributed by atoms with Crippen molar-refractivity contribution in [1.82, 2.24) is 59.4 Å². The Morgan fingerprint density at radius 1 is 0.578 bits per heavy atom. The lowest BCUT2D eigenvalue weighted by Gasteiger charge is -2.32. The van der Waals surface area contributed by atoms with E-state index in [0.717, 1.165) is 80.1 Å². The minimum atomic E-state index is -0.577. The first-order valence-corrected chi connectivity index (χ1v) is 34.6. The Labute approximate surface area is 620 Å². The van der Waals surface area contributed by atoms with E-state index in [1.807, 2.05) is 103 Å². The zero-order valence-corrected chi connectivity index (χ0v) is 59.8. The maximum atomic E-state index is 12.4. The van der Waals surface area contributed by atoms with Crippen LogP contribution in [0.3, 0.4) is 0 Å². The van der Waals surface area contributed by atoms with Crippen LogP contribution < -0.4 is 40.1 Å². The van der Waals surface area contributed by atoms with Crippen molar-refractivity contribution in [3.05, 3.63) is 176 Å². The molecule has 5 fully saturated rings. The van der Waals surface area contributed by atoms with Gasteiger partial charge in [-0.25, -0.2) is 33.5 Å². The molecule has 10 aromatic heterocycles. The first kappa shape index (κ1) is 76.8. The molecule has 0 spiro atoms. The van der Waals surface area contributed by atoms with Crippen molar-refractivity contribution in [2.75, 3.05) is 68.9 Å². The number of hydrogen-bond acceptors (Lipinski definition) is 19. The zero-order valence-electron chi connectivity index (χ0n) is 55.1. The second-order valence-corrected chi connectivity index (χ2v) is 27.7. The normalized spacial score (nSPS) is 18.8. The molecule has 0 bridgehead atoms. The predicted molar refractivity (Wildman–Crippen MR) is 401 cm³/mol. The molecule has 15 rings (SSSR count). The Morgan fingerprint density at radius 2 is 1.00 bits per heavy atom. The van der Waals surface area contributed by atoms with Crippen LogP contribution >= 0.6 is 55.1 Å². The second-order valence-electron chi connectivity index (χ2n) is 25.1. The number of ether oxygens (including phenoxy) is 3. The Bertz CT molecular complexity index is 4750. The molecule has 2 N–H and O–H groups in total. The number of carbonyl (C=O) groups excluding carboxylic acids is 2. The van der Waals surface area contributed by atoms with Gasteiger partial charge in [-0.3, -0.25) is 9.59 Å². The fourth-order valence-corrected chi connectivity index (χ4v) is 14.2. The summed E-state index contributed by atoms with van der Waals surface area (Å²) < 4.78 is 35.7. The van der Waals surface area contributed by atoms with E-state index in [2.05, 4.69) is 101 Å². The number of anilines is 2. The molecule has 0 radical (unpaired) electrons. The molecule has 29 heteroatoms. The van der Waals surface area contributed by atoms with Gasteiger partial charge >= 0.3 is 7.12 Å². The summed E-state index contributed by atoms with van der Waals surface area (Å²) in [6, 6.07) is 27.0. The van der Waals surface area contributed by atoms with Crippen LogP contribution in [0.5, 0.6) is 17.2 Å². The van der Waals surface area contributed by atoms with Gasteiger partial charge in [0.05, 0.1) is 111 Å². The van der Waals surface area contributed by atoms with Crippen molar-refractivity contribution in [3.8, 4) is 46.6 Å². The molecule has 0 aromatic carbocycles. The van der Waals surface area contributed by atoms with Gasteiger partial charge in [-0.2, -0.15) is 31.1 Å². The number of fused-ring (bicyclic) bond motifs is 5. The Balaban J connectivity index is 0.000000164. The maximum Gasteiger partial charge on any atom is 0.497 e. The van der Waals surface area contributed by atoms with Gasteiger partial charge < -0.3 is 44.0 Å². The lowest BCUT2D eigenvalue weighted by molar-refractivity contribution is 0.00578. The maximum absolute atomic E-state index is 12.4. The monoisotopic (exact) mass is 1550 g/mol. The summed E-state index contributed by atoms with van der Waals surface area (Å²) >= 11 is 18.9. The number of halogens is 4. The topological polar surface area (TPSA) is 286 Å². The fourth-order valence-electron chi connectivity index (χ4n) is 12.9. The molecule has 2 unspecified atom stereocenters. The summed E-state index contributed by atoms with van der Waals surface area (Å²) in [5, 5.41) is 47.1. The van der Waals surface area contributed by atoms with Crippen LogP contribution in [0.1, 0.15) is 108 Å². The lowest BCUT2D eigenvalue weighted by atomic mass is 9.78. The van der Waals surface area contributed by atoms with E-state index in [4.69, 9.17) is 57.0 Å². The quantitative estimate of drug-likeness (QED) is 0.0850. The molecule has 24 nitrogen and oxygen atoms in total. The summed E-state index contributed by atoms with van der Waals surface area (Å²) in [5.41, 5.74) is 5.88. The van der Waals surface area contributed by atoms with Crippen LogP contribution in [0.4, 0.5) is 11.6 Å². The molecular weight excluding hydrogens is 1470 g/mol. The van der Waals surface area contributed by atoms with Crippen LogP contribution in [0, 0.1) is 69.5 Å². The first-order valence-electron chi connectivity index (χ1n) is 32.2. The third-order valence-electron chi connectivity index (χ3n) is 18.6. The van der Waals surface area contributed by atoms with Crippen LogP contribution in [0.2, 0.25) is 10.0 Å². The number of hydrogen-bond donors (Lipinski definition) is 2. The molecule has 10 aromatic rings. The van der Waals surface area contributed by atoms with Crippen molar-refractivity contribution in [2.45, 2.75) is 81.9 Å². The van der Waals surface area contributed by atoms with E-state index in [-0.39, 0.29) is 39.8 Å². The van der Waals surface area contributed by atoms with E-state index in [9.17, 15) is 20.1 Å². The highest BCUT2D eigenvalue weighted by atomic mass is 79.9. The third kappa shape index (κ3) is 16.2. The number of pyridine rings is 7. The number of piperidine rings is 2. The fraction of sp³-hybridized carbons (Fsp3) is 0.370. The minimum Gasteiger partial charge on any atom is -0.492 e. The van der Waals surface area contributed by atoms with Crippen molar-refractivity contribution in [2.24, 2.45) is 35.5 Å². The van der Waals surface area contributed by atoms with Crippen LogP contribution in [0.15, 0.2) is 138 Å². The molecule has 6 atom stereocenters. The average molecular weight is 1550 g/mol. The third-order valence-corrected chi connectivity index (χ3v) is 20.3. The summed E-state index contributed by atoms with van der Waals surface area (Å²) in [6.07, 6.45) is 16.8. The number of rotatable bonds is 16. The smallest absolute Gasteiger partial charge is 0.492 e. The summed E-state index contributed by atoms with van der Waals surface area (Å²) in [7, 11) is -0.577. The Kier molecular flexibility index (Phi) is 24.6. The minimum absolute atomic E-state index is 0. The van der Waals surface area contributed by atoms with Gasteiger partial charge in [-0.1, -0.05) is 45.5 Å². The number of nitrogens with zero attached hydrogens (tertiary/aromatic N) is 15. The molecule has 2 aliphatic carbocycles. The number of nitriles is 3. The van der Waals surface area contributed by atoms with E-state index in [1.54, 1.807) is 81.2 Å². The summed E-state index contributed by atoms with van der Waals surface area (Å²) in [5.74, 6) is 6.93. The largest absolute Gasteiger partial charge is 0.497 e. The van der Waals surface area contributed by atoms with Gasteiger partial charge in [0.2, 0.25) is 0 Å². The highest BCUT2D eigenvalue weighted by Gasteiger charge is 2.57. The van der Waals surface area contributed by atoms with Gasteiger partial charge in [0.1, 0.15) is 58.5 Å². The van der Waals surface area contributed by atoms with Crippen molar-refractivity contribution >= 4 is 108 Å². The SMILES string of the molecule is C.C.C.CCOc1cc(-c2ccc(N3C[C@@H]4C(CNC(=O)c5ncccc5Cl)[C@@H]4C3)nc2)c2c(C#N)cnn2c1.CCOc1cc(B2OC(C)(C)C(C)(C)O2)c2c(C#N)cnn2c1.CCOc1cc(Br)c2c(C#N)cnn2c1.O=C(NCC1[C@H]2CN(c3ccc(Br)cn3)C[C@@H]12)c1ncccc1Cl. The number of amides is 2. The Hall–Kier alpha value is -9.40. The molecular formula is C73H80BBr2Cl2N17O7. The highest BCUT2D eigenvalue weighted by Crippen LogP contribution is 2.53. The number of nitrogens with one attached hydrogen (secondary N) is 2. The highest BCUT2D eigenvalue weighted by molar-refractivity contribution is 9.11. The van der Waals surface area contributed by atoms with Gasteiger partial charge in [-0.15, -0.1) is 0 Å². The van der Waals surface area contributed by atoms with Crippen molar-refractivity contribution in [1.29, 1.82) is 15.8 Å². The molecule has 2 saturated carbocycles. The van der Waals surface area contributed by atoms with Gasteiger partial charge in [0.25, 0.3) is 11.8 Å². The molecule has 102 heavy (non-hydrogen) atoms. The van der Waals surface area contributed by atoms with Gasteiger partial charge in [0.15, 0.2) is 0 Å². The van der Waals surface area contributed by atoms with Crippen molar-refractivity contribution in [3.63, 3.8) is 0 Å². The summed E-state index contributed by atoms with van der Waals surface area (Å²) in [6.45, 7) is 20.6. The standard InChI is InChI=1S/C27H24ClN7O2.C17H16BrClN4O.C16H20BN3O3.C10H8BrN3O.3CH4/c1-2-37-18-8-19(26-17(9-29)11-33-35(26)13-18)16-5-6-24(31-10-16)34-14-21-20(22(21)15-34)12-32-27(36)25-23(28)4-3-7-30-25;18-10-3-4-15(21-6-10)23-8-12-11(13(12)9-23)7-22-17(24)16-14(19)2-1-5-20-16;1-6-21-12-7-13(14-11(8-18)9-19-20(14)10-12)17-22-15(2,3)16(4,5)23-17;1-2-15-8-3-9(11)10-7(4-12)5-13-14(10)6-8;;;/h3-8,10-11,13,20-22H,2,12,14-15H2,1H3,(H,32,36);1-6,11-13H,7-9H2,(H,22,24);7,9-10H,6H2,1-5H3;3,5-6H,2H2,1H3;3*1H4/t20?,21-,22+;11?,12-,13+;;;;;. The second kappa shape index (κ2) is 32.7. The van der Waals surface area contributed by atoms with E-state index >= 15 is 0 Å². The molecule has 5 aliphatic rings. The first-order chi connectivity index (χ1) is 47.7. The summed E-state index contributed by atoms with van der Waals surface area (Å²) in [4.78, 5) is 46.5. The van der Waals surface area contributed by atoms with Gasteiger partial charge in [0, 0.05) is 89.6 Å². The molecule has 3 saturated heterocycles. The zero-order chi connectivity index (χ0) is 69.9. The molecule has 13 heterocycles. The molecule has 530 valence electrons. The Morgan fingerprint density at radius 3 is 1.43 bits per heavy atom. The van der Waals surface area contributed by atoms with Crippen LogP contribution in [-0.4, -0.2) is 138 Å². The number of carbonyl (C=O) groups is 2. The van der Waals surface area contributed by atoms with Crippen molar-refractivity contribution < 1.29 is 33.1 Å². The number of aromatic nitrogens is 10. The lowest BCUT2D eigenvalue weighted by Crippen LogP contribution is -2.41. The van der Waals surface area contributed by atoms with E-state index in [1.165, 1.54) is 6.20 Å².